The fourth-order valence-corrected chi connectivity index (χ4v) is 4.64. The molecule has 5 rings (SSSR count). The van der Waals surface area contributed by atoms with Crippen molar-refractivity contribution in [2.75, 3.05) is 11.4 Å². The fourth-order valence-electron chi connectivity index (χ4n) is 4.52. The van der Waals surface area contributed by atoms with Gasteiger partial charge in [0.1, 0.15) is 17.4 Å². The Labute approximate surface area is 185 Å². The Balaban J connectivity index is 1.41. The molecule has 1 saturated heterocycles. The summed E-state index contributed by atoms with van der Waals surface area (Å²) in [6, 6.07) is 8.36. The second-order valence-corrected chi connectivity index (χ2v) is 8.69. The number of hydrogen-bond donors (Lipinski definition) is 1. The molecular weight excluding hydrogens is 414 g/mol. The third kappa shape index (κ3) is 3.67. The molecule has 4 heterocycles. The Morgan fingerprint density at radius 2 is 1.94 bits per heavy atom. The van der Waals surface area contributed by atoms with Gasteiger partial charge in [-0.3, -0.25) is 9.59 Å². The lowest BCUT2D eigenvalue weighted by Crippen LogP contribution is -2.41. The van der Waals surface area contributed by atoms with Gasteiger partial charge in [-0.2, -0.15) is 0 Å². The van der Waals surface area contributed by atoms with Crippen LogP contribution in [0.4, 0.5) is 5.69 Å². The Morgan fingerprint density at radius 3 is 2.74 bits per heavy atom. The van der Waals surface area contributed by atoms with E-state index in [9.17, 15) is 9.59 Å². The van der Waals surface area contributed by atoms with Crippen LogP contribution in [0.3, 0.4) is 0 Å². The van der Waals surface area contributed by atoms with Crippen molar-refractivity contribution in [2.45, 2.75) is 51.6 Å². The number of carbonyl (C=O) groups is 2. The van der Waals surface area contributed by atoms with E-state index in [4.69, 9.17) is 16.6 Å². The van der Waals surface area contributed by atoms with Crippen molar-refractivity contribution in [3.63, 3.8) is 0 Å². The van der Waals surface area contributed by atoms with E-state index < -0.39 is 6.04 Å². The van der Waals surface area contributed by atoms with Crippen LogP contribution in [0.2, 0.25) is 5.02 Å². The quantitative estimate of drug-likeness (QED) is 0.678. The van der Waals surface area contributed by atoms with Crippen LogP contribution >= 0.6 is 11.6 Å². The molecule has 0 radical (unpaired) electrons. The van der Waals surface area contributed by atoms with Gasteiger partial charge in [0.05, 0.1) is 5.56 Å². The predicted molar refractivity (Wildman–Crippen MR) is 119 cm³/mol. The molecule has 1 fully saturated rings. The van der Waals surface area contributed by atoms with Crippen LogP contribution in [0.5, 0.6) is 0 Å². The number of halogens is 1. The first-order valence-electron chi connectivity index (χ1n) is 10.8. The maximum atomic E-state index is 13.2. The number of anilines is 1. The van der Waals surface area contributed by atoms with E-state index in [1.54, 1.807) is 23.1 Å². The summed E-state index contributed by atoms with van der Waals surface area (Å²) >= 11 is 5.95. The summed E-state index contributed by atoms with van der Waals surface area (Å²) in [7, 11) is 0. The summed E-state index contributed by atoms with van der Waals surface area (Å²) in [6.45, 7) is 3.31. The van der Waals surface area contributed by atoms with E-state index in [1.165, 1.54) is 6.42 Å². The Kier molecular flexibility index (Phi) is 5.14. The lowest BCUT2D eigenvalue weighted by atomic mass is 10.1. The maximum absolute atomic E-state index is 13.2. The summed E-state index contributed by atoms with van der Waals surface area (Å²) in [6.07, 6.45) is 4.82. The Morgan fingerprint density at radius 1 is 1.13 bits per heavy atom. The van der Waals surface area contributed by atoms with Crippen LogP contribution in [-0.2, 0) is 17.8 Å². The lowest BCUT2D eigenvalue weighted by molar-refractivity contribution is -0.118. The number of amides is 2. The van der Waals surface area contributed by atoms with Gasteiger partial charge in [-0.15, -0.1) is 0 Å². The van der Waals surface area contributed by atoms with Gasteiger partial charge >= 0.3 is 0 Å². The van der Waals surface area contributed by atoms with E-state index in [1.807, 2.05) is 19.1 Å². The number of fused-ring (bicyclic) bond motifs is 3. The van der Waals surface area contributed by atoms with E-state index in [0.717, 1.165) is 48.7 Å². The average Bonchev–Trinajstić information content (AvgIpc) is 3.18. The zero-order valence-electron chi connectivity index (χ0n) is 17.4. The van der Waals surface area contributed by atoms with Crippen LogP contribution in [0.1, 0.15) is 47.6 Å². The van der Waals surface area contributed by atoms with Gasteiger partial charge in [0.25, 0.3) is 5.91 Å². The van der Waals surface area contributed by atoms with Gasteiger partial charge in [0.2, 0.25) is 5.91 Å². The molecule has 3 aromatic rings. The van der Waals surface area contributed by atoms with Crippen molar-refractivity contribution < 1.29 is 9.59 Å². The monoisotopic (exact) mass is 437 g/mol. The molecule has 0 aliphatic carbocycles. The van der Waals surface area contributed by atoms with Crippen molar-refractivity contribution in [3.8, 4) is 0 Å². The zero-order valence-corrected chi connectivity index (χ0v) is 18.2. The second-order valence-electron chi connectivity index (χ2n) is 8.25. The number of benzene rings is 1. The molecule has 8 heteroatoms. The third-order valence-electron chi connectivity index (χ3n) is 6.09. The number of nitrogens with one attached hydrogen (secondary N) is 1. The van der Waals surface area contributed by atoms with Gasteiger partial charge in [-0.25, -0.2) is 9.97 Å². The van der Waals surface area contributed by atoms with Crippen LogP contribution in [0.25, 0.3) is 11.2 Å². The second kappa shape index (κ2) is 7.96. The third-order valence-corrected chi connectivity index (χ3v) is 6.34. The molecule has 31 heavy (non-hydrogen) atoms. The number of aromatic nitrogens is 3. The van der Waals surface area contributed by atoms with E-state index >= 15 is 0 Å². The molecule has 0 unspecified atom stereocenters. The summed E-state index contributed by atoms with van der Waals surface area (Å²) in [5, 5.41) is 3.56. The highest BCUT2D eigenvalue weighted by atomic mass is 35.5. The van der Waals surface area contributed by atoms with Crippen LogP contribution in [-0.4, -0.2) is 38.9 Å². The fraction of sp³-hybridized carbons (Fsp3) is 0.391. The maximum Gasteiger partial charge on any atom is 0.254 e. The number of nitrogens with zero attached hydrogens (tertiary/aromatic N) is 4. The molecule has 7 nitrogen and oxygen atoms in total. The molecule has 1 aromatic carbocycles. The number of carbonyl (C=O) groups excluding carboxylic acids is 2. The van der Waals surface area contributed by atoms with Crippen molar-refractivity contribution in [2.24, 2.45) is 0 Å². The van der Waals surface area contributed by atoms with Crippen molar-refractivity contribution in [1.82, 2.24) is 19.9 Å². The van der Waals surface area contributed by atoms with Gasteiger partial charge in [0, 0.05) is 35.9 Å². The normalized spacial score (nSPS) is 18.8. The highest BCUT2D eigenvalue weighted by Gasteiger charge is 2.34. The predicted octanol–water partition coefficient (Wildman–Crippen LogP) is 3.65. The standard InChI is InChI=1S/C23H24ClN5O2/c1-14-13-17(20-21(25-14)29-11-4-2-3-5-19(29)27-20)22(30)26-18-10-12-28(23(18)31)16-8-6-15(24)7-9-16/h6-9,13,18H,2-5,10-12H2,1H3,(H,26,30)/t18-/m0/s1. The summed E-state index contributed by atoms with van der Waals surface area (Å²) in [5.74, 6) is 0.601. The molecule has 160 valence electrons. The molecule has 1 N–H and O–H groups in total. The smallest absolute Gasteiger partial charge is 0.254 e. The summed E-state index contributed by atoms with van der Waals surface area (Å²) in [4.78, 5) is 37.3. The van der Waals surface area contributed by atoms with Crippen molar-refractivity contribution in [3.05, 3.63) is 52.4 Å². The van der Waals surface area contributed by atoms with Gasteiger partial charge in [-0.1, -0.05) is 18.0 Å². The first-order chi connectivity index (χ1) is 15.0. The van der Waals surface area contributed by atoms with Crippen molar-refractivity contribution in [1.29, 1.82) is 0 Å². The van der Waals surface area contributed by atoms with Crippen LogP contribution in [0, 0.1) is 6.92 Å². The van der Waals surface area contributed by atoms with Gasteiger partial charge in [0.15, 0.2) is 5.65 Å². The number of aryl methyl sites for hydroxylation is 3. The molecule has 0 spiro atoms. The number of rotatable bonds is 3. The van der Waals surface area contributed by atoms with Crippen LogP contribution in [0.15, 0.2) is 30.3 Å². The Hall–Kier alpha value is -2.93. The van der Waals surface area contributed by atoms with E-state index in [-0.39, 0.29) is 11.8 Å². The van der Waals surface area contributed by atoms with Gasteiger partial charge in [-0.05, 0) is 56.5 Å². The largest absolute Gasteiger partial charge is 0.340 e. The van der Waals surface area contributed by atoms with E-state index in [0.29, 0.717) is 29.1 Å². The molecule has 0 saturated carbocycles. The molecule has 1 atom stereocenters. The average molecular weight is 438 g/mol. The molecule has 2 amide bonds. The SMILES string of the molecule is Cc1cc(C(=O)N[C@H]2CCN(c3ccc(Cl)cc3)C2=O)c2nc3n(c2n1)CCCCC3. The first-order valence-corrected chi connectivity index (χ1v) is 11.1. The highest BCUT2D eigenvalue weighted by molar-refractivity contribution is 6.30. The molecule has 2 aliphatic rings. The number of hydrogen-bond acceptors (Lipinski definition) is 4. The molecular formula is C23H24ClN5O2. The molecule has 2 aliphatic heterocycles. The van der Waals surface area contributed by atoms with Crippen molar-refractivity contribution >= 4 is 40.3 Å². The lowest BCUT2D eigenvalue weighted by Gasteiger charge is -2.17. The Bertz CT molecular complexity index is 1170. The molecule has 2 aromatic heterocycles. The van der Waals surface area contributed by atoms with E-state index in [2.05, 4.69) is 14.9 Å². The topological polar surface area (TPSA) is 80.1 Å². The zero-order chi connectivity index (χ0) is 21.5. The summed E-state index contributed by atoms with van der Waals surface area (Å²) < 4.78 is 2.15. The highest BCUT2D eigenvalue weighted by Crippen LogP contribution is 2.26. The summed E-state index contributed by atoms with van der Waals surface area (Å²) in [5.41, 5.74) is 3.43. The van der Waals surface area contributed by atoms with Gasteiger partial charge < -0.3 is 14.8 Å². The number of pyridine rings is 1. The minimum Gasteiger partial charge on any atom is -0.340 e. The van der Waals surface area contributed by atoms with Crippen LogP contribution < -0.4 is 10.2 Å². The first kappa shape index (κ1) is 20.0. The molecule has 0 bridgehead atoms. The minimum atomic E-state index is -0.563. The number of imidazole rings is 1. The minimum absolute atomic E-state index is 0.113.